The van der Waals surface area contributed by atoms with Crippen LogP contribution in [0, 0.1) is 18.8 Å². The summed E-state index contributed by atoms with van der Waals surface area (Å²) >= 11 is 0. The second-order valence-electron chi connectivity index (χ2n) is 8.06. The molecule has 5 rings (SSSR count). The number of fused-ring (bicyclic) bond motifs is 1. The molecule has 1 aromatic heterocycles. The molecule has 142 valence electrons. The van der Waals surface area contributed by atoms with Crippen LogP contribution in [-0.4, -0.2) is 48.9 Å². The molecule has 2 saturated heterocycles. The quantitative estimate of drug-likeness (QED) is 0.810. The van der Waals surface area contributed by atoms with E-state index in [-0.39, 0.29) is 0 Å². The van der Waals surface area contributed by atoms with Crippen molar-refractivity contribution in [2.45, 2.75) is 30.6 Å². The zero-order valence-electron chi connectivity index (χ0n) is 15.5. The van der Waals surface area contributed by atoms with Crippen LogP contribution in [0.4, 0.5) is 5.82 Å². The number of anilines is 1. The van der Waals surface area contributed by atoms with Gasteiger partial charge in [-0.1, -0.05) is 18.2 Å². The Kier molecular flexibility index (Phi) is 3.98. The SMILES string of the molecule is Cc1cc(N2CC3CN(S(=O)(=O)c4ccccc4)CC3C2)nc(C2CC2)n1. The lowest BCUT2D eigenvalue weighted by Crippen LogP contribution is -2.33. The lowest BCUT2D eigenvalue weighted by molar-refractivity contribution is 0.453. The van der Waals surface area contributed by atoms with E-state index < -0.39 is 10.0 Å². The standard InChI is InChI=1S/C20H24N4O2S/c1-14-9-19(22-20(21-14)15-7-8-15)23-10-16-12-24(13-17(16)11-23)27(25,26)18-5-3-2-4-6-18/h2-6,9,15-17H,7-8,10-13H2,1H3. The zero-order valence-corrected chi connectivity index (χ0v) is 16.3. The molecule has 3 fully saturated rings. The van der Waals surface area contributed by atoms with Crippen LogP contribution in [0.1, 0.15) is 30.3 Å². The Morgan fingerprint density at radius 1 is 0.963 bits per heavy atom. The summed E-state index contributed by atoms with van der Waals surface area (Å²) < 4.78 is 27.4. The third-order valence-corrected chi connectivity index (χ3v) is 7.80. The molecule has 3 heterocycles. The second-order valence-corrected chi connectivity index (χ2v) is 10.00. The van der Waals surface area contributed by atoms with Gasteiger partial charge < -0.3 is 4.90 Å². The van der Waals surface area contributed by atoms with Crippen molar-refractivity contribution in [3.8, 4) is 0 Å². The van der Waals surface area contributed by atoms with Crippen molar-refractivity contribution >= 4 is 15.8 Å². The van der Waals surface area contributed by atoms with Crippen molar-refractivity contribution in [2.24, 2.45) is 11.8 Å². The molecular weight excluding hydrogens is 360 g/mol. The molecule has 1 aromatic carbocycles. The van der Waals surface area contributed by atoms with Crippen molar-refractivity contribution in [1.82, 2.24) is 14.3 Å². The van der Waals surface area contributed by atoms with Crippen molar-refractivity contribution in [2.75, 3.05) is 31.1 Å². The number of sulfonamides is 1. The van der Waals surface area contributed by atoms with Crippen LogP contribution in [0.25, 0.3) is 0 Å². The van der Waals surface area contributed by atoms with E-state index in [0.29, 0.717) is 35.7 Å². The number of aryl methyl sites for hydroxylation is 1. The summed E-state index contributed by atoms with van der Waals surface area (Å²) in [6, 6.07) is 10.8. The number of nitrogens with zero attached hydrogens (tertiary/aromatic N) is 4. The van der Waals surface area contributed by atoms with Gasteiger partial charge in [0.1, 0.15) is 11.6 Å². The molecule has 2 aromatic rings. The van der Waals surface area contributed by atoms with Crippen LogP contribution >= 0.6 is 0 Å². The molecular formula is C20H24N4O2S. The van der Waals surface area contributed by atoms with E-state index in [1.165, 1.54) is 12.8 Å². The van der Waals surface area contributed by atoms with Crippen LogP contribution in [0.3, 0.4) is 0 Å². The van der Waals surface area contributed by atoms with E-state index in [4.69, 9.17) is 4.98 Å². The number of aromatic nitrogens is 2. The van der Waals surface area contributed by atoms with Gasteiger partial charge in [-0.2, -0.15) is 4.31 Å². The summed E-state index contributed by atoms with van der Waals surface area (Å²) in [5, 5.41) is 0. The van der Waals surface area contributed by atoms with Gasteiger partial charge in [0.2, 0.25) is 10.0 Å². The van der Waals surface area contributed by atoms with E-state index in [1.807, 2.05) is 13.0 Å². The van der Waals surface area contributed by atoms with Gasteiger partial charge in [0.15, 0.2) is 0 Å². The molecule has 1 aliphatic carbocycles. The largest absolute Gasteiger partial charge is 0.356 e. The molecule has 0 spiro atoms. The van der Waals surface area contributed by atoms with Crippen molar-refractivity contribution in [3.63, 3.8) is 0 Å². The molecule has 0 radical (unpaired) electrons. The molecule has 2 aliphatic heterocycles. The van der Waals surface area contributed by atoms with Gasteiger partial charge >= 0.3 is 0 Å². The Hall–Kier alpha value is -1.99. The lowest BCUT2D eigenvalue weighted by Gasteiger charge is -2.23. The Morgan fingerprint density at radius 2 is 1.63 bits per heavy atom. The summed E-state index contributed by atoms with van der Waals surface area (Å²) in [6.07, 6.45) is 2.39. The Balaban J connectivity index is 1.31. The van der Waals surface area contributed by atoms with Crippen molar-refractivity contribution in [3.05, 3.63) is 47.9 Å². The normalized spacial score (nSPS) is 25.7. The fourth-order valence-corrected chi connectivity index (χ4v) is 5.91. The zero-order chi connectivity index (χ0) is 18.6. The molecule has 1 saturated carbocycles. The van der Waals surface area contributed by atoms with Crippen LogP contribution < -0.4 is 4.90 Å². The fraction of sp³-hybridized carbons (Fsp3) is 0.500. The summed E-state index contributed by atoms with van der Waals surface area (Å²) in [4.78, 5) is 12.1. The first-order valence-electron chi connectivity index (χ1n) is 9.66. The topological polar surface area (TPSA) is 66.4 Å². The molecule has 7 heteroatoms. The van der Waals surface area contributed by atoms with Gasteiger partial charge in [0.25, 0.3) is 0 Å². The predicted octanol–water partition coefficient (Wildman–Crippen LogP) is 2.42. The smallest absolute Gasteiger partial charge is 0.243 e. The highest BCUT2D eigenvalue weighted by Crippen LogP contribution is 2.40. The molecule has 3 aliphatic rings. The summed E-state index contributed by atoms with van der Waals surface area (Å²) in [5.74, 6) is 3.26. The molecule has 2 atom stereocenters. The maximum absolute atomic E-state index is 12.9. The highest BCUT2D eigenvalue weighted by atomic mass is 32.2. The summed E-state index contributed by atoms with van der Waals surface area (Å²) in [6.45, 7) is 4.95. The highest BCUT2D eigenvalue weighted by molar-refractivity contribution is 7.89. The van der Waals surface area contributed by atoms with Crippen molar-refractivity contribution < 1.29 is 8.42 Å². The fourth-order valence-electron chi connectivity index (χ4n) is 4.34. The second kappa shape index (κ2) is 6.27. The molecule has 0 N–H and O–H groups in total. The minimum Gasteiger partial charge on any atom is -0.356 e. The highest BCUT2D eigenvalue weighted by Gasteiger charge is 2.44. The van der Waals surface area contributed by atoms with E-state index in [0.717, 1.165) is 30.4 Å². The van der Waals surface area contributed by atoms with E-state index in [1.54, 1.807) is 28.6 Å². The van der Waals surface area contributed by atoms with Gasteiger partial charge in [-0.05, 0) is 43.7 Å². The first-order chi connectivity index (χ1) is 13.0. The third kappa shape index (κ3) is 3.12. The lowest BCUT2D eigenvalue weighted by atomic mass is 10.0. The third-order valence-electron chi connectivity index (χ3n) is 5.96. The Labute approximate surface area is 160 Å². The molecule has 2 unspecified atom stereocenters. The van der Waals surface area contributed by atoms with E-state index in [9.17, 15) is 8.42 Å². The molecule has 0 bridgehead atoms. The van der Waals surface area contributed by atoms with Gasteiger partial charge in [-0.25, -0.2) is 18.4 Å². The predicted molar refractivity (Wildman–Crippen MR) is 103 cm³/mol. The Morgan fingerprint density at radius 3 is 2.26 bits per heavy atom. The number of benzene rings is 1. The minimum atomic E-state index is -3.39. The number of hydrogen-bond acceptors (Lipinski definition) is 5. The number of rotatable bonds is 4. The van der Waals surface area contributed by atoms with Crippen LogP contribution in [0.15, 0.2) is 41.3 Å². The summed E-state index contributed by atoms with van der Waals surface area (Å²) in [7, 11) is -3.39. The van der Waals surface area contributed by atoms with Gasteiger partial charge in [0, 0.05) is 43.9 Å². The van der Waals surface area contributed by atoms with Gasteiger partial charge in [0.05, 0.1) is 4.90 Å². The van der Waals surface area contributed by atoms with Crippen molar-refractivity contribution in [1.29, 1.82) is 0 Å². The first kappa shape index (κ1) is 17.1. The van der Waals surface area contributed by atoms with E-state index in [2.05, 4.69) is 16.0 Å². The average Bonchev–Trinajstić information content (AvgIpc) is 3.31. The average molecular weight is 385 g/mol. The van der Waals surface area contributed by atoms with Gasteiger partial charge in [-0.15, -0.1) is 0 Å². The van der Waals surface area contributed by atoms with Gasteiger partial charge in [-0.3, -0.25) is 0 Å². The molecule has 0 amide bonds. The first-order valence-corrected chi connectivity index (χ1v) is 11.1. The van der Waals surface area contributed by atoms with Crippen LogP contribution in [0.2, 0.25) is 0 Å². The molecule has 6 nitrogen and oxygen atoms in total. The summed E-state index contributed by atoms with van der Waals surface area (Å²) in [5.41, 5.74) is 1.02. The number of hydrogen-bond donors (Lipinski definition) is 0. The molecule has 27 heavy (non-hydrogen) atoms. The monoisotopic (exact) mass is 384 g/mol. The Bertz CT molecular complexity index is 945. The van der Waals surface area contributed by atoms with Crippen LogP contribution in [0.5, 0.6) is 0 Å². The van der Waals surface area contributed by atoms with Crippen LogP contribution in [-0.2, 0) is 10.0 Å². The maximum Gasteiger partial charge on any atom is 0.243 e. The minimum absolute atomic E-state index is 0.364. The van der Waals surface area contributed by atoms with E-state index >= 15 is 0 Å². The maximum atomic E-state index is 12.9.